The fraction of sp³-hybridized carbons (Fsp3) is 0.0667. The van der Waals surface area contributed by atoms with Crippen molar-refractivity contribution >= 4 is 46.3 Å². The fourth-order valence-corrected chi connectivity index (χ4v) is 3.05. The fourth-order valence-electron chi connectivity index (χ4n) is 1.96. The summed E-state index contributed by atoms with van der Waals surface area (Å²) in [4.78, 5) is 12.8. The van der Waals surface area contributed by atoms with Gasteiger partial charge in [0.25, 0.3) is 5.91 Å². The lowest BCUT2D eigenvalue weighted by molar-refractivity contribution is 0.102. The lowest BCUT2D eigenvalue weighted by Crippen LogP contribution is -2.15. The van der Waals surface area contributed by atoms with E-state index in [1.165, 1.54) is 11.3 Å². The van der Waals surface area contributed by atoms with Crippen LogP contribution in [0.1, 0.15) is 15.2 Å². The largest absolute Gasteiger partial charge is 0.306 e. The maximum atomic E-state index is 12.1. The van der Waals surface area contributed by atoms with Gasteiger partial charge in [-0.3, -0.25) is 4.79 Å². The maximum absolute atomic E-state index is 12.1. The van der Waals surface area contributed by atoms with E-state index in [9.17, 15) is 4.79 Å². The number of halogens is 2. The zero-order valence-electron chi connectivity index (χ0n) is 11.3. The van der Waals surface area contributed by atoms with Crippen molar-refractivity contribution in [2.75, 3.05) is 5.32 Å². The number of aromatic nitrogens is 2. The summed E-state index contributed by atoms with van der Waals surface area (Å²) in [7, 11) is 0. The van der Waals surface area contributed by atoms with Crippen molar-refractivity contribution in [2.24, 2.45) is 0 Å². The van der Waals surface area contributed by atoms with Crippen LogP contribution < -0.4 is 5.32 Å². The summed E-state index contributed by atoms with van der Waals surface area (Å²) in [6, 6.07) is 10.7. The topological polar surface area (TPSA) is 46.9 Å². The zero-order chi connectivity index (χ0) is 15.5. The van der Waals surface area contributed by atoms with Crippen molar-refractivity contribution in [3.63, 3.8) is 0 Å². The second kappa shape index (κ2) is 6.52. The van der Waals surface area contributed by atoms with E-state index in [0.29, 0.717) is 27.3 Å². The van der Waals surface area contributed by atoms with Crippen LogP contribution in [0.3, 0.4) is 0 Å². The Bertz CT molecular complexity index is 799. The Balaban J connectivity index is 1.79. The molecule has 3 aromatic rings. The third-order valence-corrected chi connectivity index (χ3v) is 4.49. The Morgan fingerprint density at radius 2 is 2.14 bits per heavy atom. The molecule has 1 N–H and O–H groups in total. The summed E-state index contributed by atoms with van der Waals surface area (Å²) in [5, 5.41) is 10.1. The van der Waals surface area contributed by atoms with Gasteiger partial charge in [0.15, 0.2) is 0 Å². The van der Waals surface area contributed by atoms with Crippen molar-refractivity contribution in [3.05, 3.63) is 68.5 Å². The van der Waals surface area contributed by atoms with E-state index in [0.717, 1.165) is 5.56 Å². The van der Waals surface area contributed by atoms with E-state index in [4.69, 9.17) is 23.2 Å². The molecule has 3 rings (SSSR count). The molecule has 0 saturated heterocycles. The van der Waals surface area contributed by atoms with Gasteiger partial charge in [-0.1, -0.05) is 35.3 Å². The van der Waals surface area contributed by atoms with Gasteiger partial charge in [0.1, 0.15) is 5.82 Å². The highest BCUT2D eigenvalue weighted by Gasteiger charge is 2.11. The van der Waals surface area contributed by atoms with E-state index in [1.807, 2.05) is 17.5 Å². The average Bonchev–Trinajstić information content (AvgIpc) is 3.14. The summed E-state index contributed by atoms with van der Waals surface area (Å²) in [6.07, 6.45) is 1.63. The minimum atomic E-state index is -0.154. The molecule has 4 nitrogen and oxygen atoms in total. The van der Waals surface area contributed by atoms with Crippen LogP contribution in [-0.4, -0.2) is 15.7 Å². The number of carbonyl (C=O) groups is 1. The van der Waals surface area contributed by atoms with Crippen molar-refractivity contribution in [3.8, 4) is 0 Å². The Morgan fingerprint density at radius 3 is 2.86 bits per heavy atom. The number of hydrogen-bond acceptors (Lipinski definition) is 3. The molecule has 0 unspecified atom stereocenters. The molecule has 1 aromatic carbocycles. The molecule has 0 spiro atoms. The highest BCUT2D eigenvalue weighted by molar-refractivity contribution is 7.12. The van der Waals surface area contributed by atoms with Crippen LogP contribution in [0.25, 0.3) is 0 Å². The maximum Gasteiger partial charge on any atom is 0.266 e. The normalized spacial score (nSPS) is 10.6. The van der Waals surface area contributed by atoms with Gasteiger partial charge in [-0.15, -0.1) is 11.3 Å². The van der Waals surface area contributed by atoms with Crippen LogP contribution in [0.2, 0.25) is 10.0 Å². The first kappa shape index (κ1) is 15.1. The number of anilines is 1. The quantitative estimate of drug-likeness (QED) is 0.749. The van der Waals surface area contributed by atoms with Gasteiger partial charge in [0, 0.05) is 16.1 Å². The Morgan fingerprint density at radius 1 is 1.27 bits per heavy atom. The first-order valence-electron chi connectivity index (χ1n) is 6.44. The molecule has 22 heavy (non-hydrogen) atoms. The van der Waals surface area contributed by atoms with E-state index >= 15 is 0 Å². The molecule has 0 aliphatic heterocycles. The molecule has 0 aliphatic rings. The van der Waals surface area contributed by atoms with Gasteiger partial charge < -0.3 is 5.32 Å². The summed E-state index contributed by atoms with van der Waals surface area (Å²) in [5.74, 6) is 0.461. The second-order valence-electron chi connectivity index (χ2n) is 4.54. The lowest BCUT2D eigenvalue weighted by Gasteiger charge is -2.10. The number of rotatable bonds is 4. The van der Waals surface area contributed by atoms with Crippen LogP contribution >= 0.6 is 34.5 Å². The second-order valence-corrected chi connectivity index (χ2v) is 6.33. The zero-order valence-corrected chi connectivity index (χ0v) is 13.6. The van der Waals surface area contributed by atoms with E-state index in [2.05, 4.69) is 10.4 Å². The number of nitrogens with one attached hydrogen (secondary N) is 1. The van der Waals surface area contributed by atoms with Crippen LogP contribution in [0.15, 0.2) is 48.0 Å². The van der Waals surface area contributed by atoms with Gasteiger partial charge >= 0.3 is 0 Å². The summed E-state index contributed by atoms with van der Waals surface area (Å²) in [5.41, 5.74) is 0.876. The monoisotopic (exact) mass is 351 g/mol. The van der Waals surface area contributed by atoms with Crippen LogP contribution in [0.4, 0.5) is 5.82 Å². The van der Waals surface area contributed by atoms with Crippen LogP contribution in [-0.2, 0) is 6.54 Å². The average molecular weight is 352 g/mol. The Labute approximate surface area is 141 Å². The highest BCUT2D eigenvalue weighted by atomic mass is 35.5. The van der Waals surface area contributed by atoms with E-state index in [1.54, 1.807) is 35.1 Å². The number of carbonyl (C=O) groups excluding carboxylic acids is 1. The van der Waals surface area contributed by atoms with Gasteiger partial charge in [0.05, 0.1) is 17.6 Å². The molecule has 1 amide bonds. The smallest absolute Gasteiger partial charge is 0.266 e. The Hall–Kier alpha value is -1.82. The summed E-state index contributed by atoms with van der Waals surface area (Å²) >= 11 is 13.5. The van der Waals surface area contributed by atoms with E-state index in [-0.39, 0.29) is 5.91 Å². The number of benzene rings is 1. The predicted octanol–water partition coefficient (Wildman–Crippen LogP) is 4.55. The summed E-state index contributed by atoms with van der Waals surface area (Å²) < 4.78 is 1.68. The Kier molecular flexibility index (Phi) is 4.47. The standard InChI is InChI=1S/C15H11Cl2N3OS/c16-11-4-3-10(12(17)8-11)9-20-14(5-6-18-20)19-15(21)13-2-1-7-22-13/h1-8H,9H2,(H,19,21). The van der Waals surface area contributed by atoms with Gasteiger partial charge in [-0.05, 0) is 29.1 Å². The molecule has 0 saturated carbocycles. The predicted molar refractivity (Wildman–Crippen MR) is 90.1 cm³/mol. The molecule has 2 heterocycles. The van der Waals surface area contributed by atoms with Gasteiger partial charge in [-0.25, -0.2) is 4.68 Å². The van der Waals surface area contributed by atoms with Crippen LogP contribution in [0, 0.1) is 0 Å². The highest BCUT2D eigenvalue weighted by Crippen LogP contribution is 2.23. The van der Waals surface area contributed by atoms with Crippen molar-refractivity contribution in [1.29, 1.82) is 0 Å². The molecule has 0 bridgehead atoms. The number of nitrogens with zero attached hydrogens (tertiary/aromatic N) is 2. The van der Waals surface area contributed by atoms with Gasteiger partial charge in [0.2, 0.25) is 0 Å². The third kappa shape index (κ3) is 3.32. The lowest BCUT2D eigenvalue weighted by atomic mass is 10.2. The first-order valence-corrected chi connectivity index (χ1v) is 8.07. The minimum absolute atomic E-state index is 0.154. The van der Waals surface area contributed by atoms with E-state index < -0.39 is 0 Å². The minimum Gasteiger partial charge on any atom is -0.306 e. The molecule has 112 valence electrons. The van der Waals surface area contributed by atoms with Crippen molar-refractivity contribution in [1.82, 2.24) is 9.78 Å². The van der Waals surface area contributed by atoms with Crippen LogP contribution in [0.5, 0.6) is 0 Å². The molecule has 0 atom stereocenters. The molecule has 0 fully saturated rings. The third-order valence-electron chi connectivity index (χ3n) is 3.04. The molecular formula is C15H11Cl2N3OS. The van der Waals surface area contributed by atoms with Crippen molar-refractivity contribution in [2.45, 2.75) is 6.54 Å². The van der Waals surface area contributed by atoms with Crippen molar-refractivity contribution < 1.29 is 4.79 Å². The molecule has 0 aliphatic carbocycles. The molecule has 7 heteroatoms. The summed E-state index contributed by atoms with van der Waals surface area (Å²) in [6.45, 7) is 0.447. The first-order chi connectivity index (χ1) is 10.6. The number of hydrogen-bond donors (Lipinski definition) is 1. The molecular weight excluding hydrogens is 341 g/mol. The number of amides is 1. The van der Waals surface area contributed by atoms with Gasteiger partial charge in [-0.2, -0.15) is 5.10 Å². The molecule has 2 aromatic heterocycles. The molecule has 0 radical (unpaired) electrons. The SMILES string of the molecule is O=C(Nc1ccnn1Cc1ccc(Cl)cc1Cl)c1cccs1. The number of thiophene rings is 1.